The average Bonchev–Trinajstić information content (AvgIpc) is 2.54. The minimum Gasteiger partial charge on any atom is -0.487 e. The van der Waals surface area contributed by atoms with Crippen LogP contribution in [0.3, 0.4) is 0 Å². The van der Waals surface area contributed by atoms with Crippen molar-refractivity contribution in [1.82, 2.24) is 4.98 Å². The monoisotopic (exact) mass is 283 g/mol. The molecular weight excluding hydrogens is 269 g/mol. The lowest BCUT2D eigenvalue weighted by molar-refractivity contribution is 0.309. The first kappa shape index (κ1) is 13.3. The third-order valence-corrected chi connectivity index (χ3v) is 3.14. The molecule has 5 heteroatoms. The van der Waals surface area contributed by atoms with Crippen LogP contribution in [0.1, 0.15) is 5.56 Å². The van der Waals surface area contributed by atoms with Crippen LogP contribution in [0.25, 0.3) is 10.9 Å². The lowest BCUT2D eigenvalue weighted by Crippen LogP contribution is -2.08. The standard InChI is InChI=1S/C16H14FN3O/c17-13-7-4-11(5-8-13)10-21-14-3-1-2-12-6-9-15(20-18)19-16(12)14/h1-9H,10,18H2,(H,19,20). The van der Waals surface area contributed by atoms with Crippen LogP contribution >= 0.6 is 0 Å². The molecule has 0 radical (unpaired) electrons. The molecule has 0 aliphatic carbocycles. The van der Waals surface area contributed by atoms with E-state index in [4.69, 9.17) is 10.6 Å². The summed E-state index contributed by atoms with van der Waals surface area (Å²) >= 11 is 0. The van der Waals surface area contributed by atoms with Crippen molar-refractivity contribution in [3.05, 3.63) is 66.0 Å². The summed E-state index contributed by atoms with van der Waals surface area (Å²) in [5.41, 5.74) is 4.14. The summed E-state index contributed by atoms with van der Waals surface area (Å²) < 4.78 is 18.7. The van der Waals surface area contributed by atoms with Gasteiger partial charge in [-0.25, -0.2) is 15.2 Å². The minimum atomic E-state index is -0.260. The molecule has 0 spiro atoms. The second-order valence-electron chi connectivity index (χ2n) is 4.58. The first-order chi connectivity index (χ1) is 10.3. The van der Waals surface area contributed by atoms with Crippen molar-refractivity contribution in [2.45, 2.75) is 6.61 Å². The number of hydrazine groups is 1. The van der Waals surface area contributed by atoms with Gasteiger partial charge >= 0.3 is 0 Å². The molecule has 0 aliphatic rings. The maximum atomic E-state index is 12.9. The van der Waals surface area contributed by atoms with E-state index in [1.807, 2.05) is 24.3 Å². The number of nitrogens with two attached hydrogens (primary N) is 1. The zero-order valence-electron chi connectivity index (χ0n) is 11.2. The lowest BCUT2D eigenvalue weighted by atomic mass is 10.2. The topological polar surface area (TPSA) is 60.2 Å². The van der Waals surface area contributed by atoms with Crippen LogP contribution in [0.15, 0.2) is 54.6 Å². The molecule has 0 aliphatic heterocycles. The van der Waals surface area contributed by atoms with Crippen molar-refractivity contribution in [3.63, 3.8) is 0 Å². The van der Waals surface area contributed by atoms with Gasteiger partial charge in [0.1, 0.15) is 29.5 Å². The van der Waals surface area contributed by atoms with E-state index >= 15 is 0 Å². The Kier molecular flexibility index (Phi) is 3.66. The summed E-state index contributed by atoms with van der Waals surface area (Å²) in [6.07, 6.45) is 0. The molecule has 0 unspecified atom stereocenters. The Morgan fingerprint density at radius 3 is 2.62 bits per heavy atom. The Morgan fingerprint density at radius 2 is 1.86 bits per heavy atom. The number of nitrogens with zero attached hydrogens (tertiary/aromatic N) is 1. The Balaban J connectivity index is 1.87. The maximum Gasteiger partial charge on any atom is 0.146 e. The molecular formula is C16H14FN3O. The van der Waals surface area contributed by atoms with E-state index in [-0.39, 0.29) is 5.82 Å². The number of halogens is 1. The highest BCUT2D eigenvalue weighted by atomic mass is 19.1. The highest BCUT2D eigenvalue weighted by molar-refractivity contribution is 5.85. The summed E-state index contributed by atoms with van der Waals surface area (Å²) in [5, 5.41) is 0.964. The molecule has 0 amide bonds. The van der Waals surface area contributed by atoms with Crippen molar-refractivity contribution >= 4 is 16.7 Å². The minimum absolute atomic E-state index is 0.260. The molecule has 0 fully saturated rings. The molecule has 0 saturated heterocycles. The van der Waals surface area contributed by atoms with Crippen molar-refractivity contribution in [3.8, 4) is 5.75 Å². The second-order valence-corrected chi connectivity index (χ2v) is 4.58. The maximum absolute atomic E-state index is 12.9. The van der Waals surface area contributed by atoms with Gasteiger partial charge < -0.3 is 10.2 Å². The van der Waals surface area contributed by atoms with E-state index < -0.39 is 0 Å². The number of aromatic nitrogens is 1. The number of rotatable bonds is 4. The zero-order chi connectivity index (χ0) is 14.7. The molecule has 1 heterocycles. The number of nitrogen functional groups attached to an aromatic ring is 1. The van der Waals surface area contributed by atoms with Crippen LogP contribution in [0.5, 0.6) is 5.75 Å². The van der Waals surface area contributed by atoms with Crippen LogP contribution in [0.4, 0.5) is 10.2 Å². The van der Waals surface area contributed by atoms with Gasteiger partial charge in [-0.05, 0) is 35.9 Å². The molecule has 0 atom stereocenters. The Hall–Kier alpha value is -2.66. The van der Waals surface area contributed by atoms with Gasteiger partial charge in [0.2, 0.25) is 0 Å². The Bertz CT molecular complexity index is 759. The van der Waals surface area contributed by atoms with E-state index in [0.717, 1.165) is 16.5 Å². The number of para-hydroxylation sites is 1. The number of ether oxygens (including phenoxy) is 1. The van der Waals surface area contributed by atoms with E-state index in [0.29, 0.717) is 18.2 Å². The van der Waals surface area contributed by atoms with Crippen LogP contribution < -0.4 is 16.0 Å². The molecule has 3 aromatic rings. The molecule has 3 N–H and O–H groups in total. The number of pyridine rings is 1. The fraction of sp³-hybridized carbons (Fsp3) is 0.0625. The van der Waals surface area contributed by atoms with Crippen molar-refractivity contribution in [2.75, 3.05) is 5.43 Å². The molecule has 3 rings (SSSR count). The van der Waals surface area contributed by atoms with Crippen molar-refractivity contribution in [2.24, 2.45) is 5.84 Å². The quantitative estimate of drug-likeness (QED) is 0.570. The van der Waals surface area contributed by atoms with Gasteiger partial charge in [-0.1, -0.05) is 24.3 Å². The van der Waals surface area contributed by atoms with Gasteiger partial charge in [0.25, 0.3) is 0 Å². The summed E-state index contributed by atoms with van der Waals surface area (Å²) in [5.74, 6) is 6.35. The molecule has 21 heavy (non-hydrogen) atoms. The van der Waals surface area contributed by atoms with Gasteiger partial charge in [-0.3, -0.25) is 0 Å². The summed E-state index contributed by atoms with van der Waals surface area (Å²) in [6, 6.07) is 15.6. The summed E-state index contributed by atoms with van der Waals surface area (Å²) in [4.78, 5) is 4.40. The predicted molar refractivity (Wildman–Crippen MR) is 80.3 cm³/mol. The summed E-state index contributed by atoms with van der Waals surface area (Å²) in [6.45, 7) is 0.349. The molecule has 4 nitrogen and oxygen atoms in total. The third-order valence-electron chi connectivity index (χ3n) is 3.14. The first-order valence-electron chi connectivity index (χ1n) is 6.50. The second kappa shape index (κ2) is 5.76. The fourth-order valence-electron chi connectivity index (χ4n) is 2.06. The highest BCUT2D eigenvalue weighted by Crippen LogP contribution is 2.25. The number of hydrogen-bond donors (Lipinski definition) is 2. The summed E-state index contributed by atoms with van der Waals surface area (Å²) in [7, 11) is 0. The van der Waals surface area contributed by atoms with Crippen LogP contribution in [0.2, 0.25) is 0 Å². The predicted octanol–water partition coefficient (Wildman–Crippen LogP) is 3.24. The fourth-order valence-corrected chi connectivity index (χ4v) is 2.06. The van der Waals surface area contributed by atoms with Gasteiger partial charge in [0.15, 0.2) is 0 Å². The molecule has 0 bridgehead atoms. The van der Waals surface area contributed by atoms with Gasteiger partial charge in [-0.15, -0.1) is 0 Å². The van der Waals surface area contributed by atoms with Crippen molar-refractivity contribution < 1.29 is 9.13 Å². The normalized spacial score (nSPS) is 10.6. The Labute approximate surface area is 121 Å². The number of nitrogens with one attached hydrogen (secondary N) is 1. The van der Waals surface area contributed by atoms with Gasteiger partial charge in [0, 0.05) is 5.39 Å². The number of fused-ring (bicyclic) bond motifs is 1. The number of anilines is 1. The van der Waals surface area contributed by atoms with E-state index in [2.05, 4.69) is 10.4 Å². The van der Waals surface area contributed by atoms with Crippen LogP contribution in [0, 0.1) is 5.82 Å². The molecule has 2 aromatic carbocycles. The first-order valence-corrected chi connectivity index (χ1v) is 6.50. The number of benzene rings is 2. The lowest BCUT2D eigenvalue weighted by Gasteiger charge is -2.10. The van der Waals surface area contributed by atoms with Gasteiger partial charge in [0.05, 0.1) is 0 Å². The molecule has 0 saturated carbocycles. The average molecular weight is 283 g/mol. The Morgan fingerprint density at radius 1 is 1.05 bits per heavy atom. The van der Waals surface area contributed by atoms with E-state index in [1.54, 1.807) is 18.2 Å². The number of hydrogen-bond acceptors (Lipinski definition) is 4. The molecule has 106 valence electrons. The van der Waals surface area contributed by atoms with Crippen LogP contribution in [-0.4, -0.2) is 4.98 Å². The third kappa shape index (κ3) is 2.93. The smallest absolute Gasteiger partial charge is 0.146 e. The highest BCUT2D eigenvalue weighted by Gasteiger charge is 2.05. The van der Waals surface area contributed by atoms with E-state index in [1.165, 1.54) is 12.1 Å². The van der Waals surface area contributed by atoms with Crippen LogP contribution in [-0.2, 0) is 6.61 Å². The SMILES string of the molecule is NNc1ccc2cccc(OCc3ccc(F)cc3)c2n1. The molecule has 1 aromatic heterocycles. The van der Waals surface area contributed by atoms with Gasteiger partial charge in [-0.2, -0.15) is 0 Å². The largest absolute Gasteiger partial charge is 0.487 e. The van der Waals surface area contributed by atoms with Crippen molar-refractivity contribution in [1.29, 1.82) is 0 Å². The zero-order valence-corrected chi connectivity index (χ0v) is 11.2. The van der Waals surface area contributed by atoms with E-state index in [9.17, 15) is 4.39 Å².